The van der Waals surface area contributed by atoms with E-state index in [1.54, 1.807) is 30.5 Å². The largest absolute Gasteiger partial charge is 0.437 e. The van der Waals surface area contributed by atoms with Gasteiger partial charge in [0.05, 0.1) is 11.2 Å². The SMILES string of the molecule is Nc1ccc(Oc2ccc3nnnn3n2)c2cccnc12. The Balaban J connectivity index is 1.81. The summed E-state index contributed by atoms with van der Waals surface area (Å²) in [6.45, 7) is 0. The molecule has 3 aromatic heterocycles. The molecule has 8 heteroatoms. The van der Waals surface area contributed by atoms with Gasteiger partial charge in [0.15, 0.2) is 5.65 Å². The highest BCUT2D eigenvalue weighted by Gasteiger charge is 2.08. The van der Waals surface area contributed by atoms with Crippen molar-refractivity contribution in [1.29, 1.82) is 0 Å². The number of rotatable bonds is 2. The van der Waals surface area contributed by atoms with E-state index in [-0.39, 0.29) is 0 Å². The molecule has 21 heavy (non-hydrogen) atoms. The number of pyridine rings is 1. The number of tetrazole rings is 1. The lowest BCUT2D eigenvalue weighted by atomic mass is 10.2. The predicted molar refractivity (Wildman–Crippen MR) is 74.8 cm³/mol. The topological polar surface area (TPSA) is 104 Å². The van der Waals surface area contributed by atoms with Crippen LogP contribution in [-0.2, 0) is 0 Å². The van der Waals surface area contributed by atoms with Gasteiger partial charge in [-0.3, -0.25) is 4.98 Å². The molecule has 0 aliphatic carbocycles. The van der Waals surface area contributed by atoms with Gasteiger partial charge in [-0.1, -0.05) is 0 Å². The molecule has 0 saturated heterocycles. The highest BCUT2D eigenvalue weighted by Crippen LogP contribution is 2.31. The maximum Gasteiger partial charge on any atom is 0.239 e. The predicted octanol–water partition coefficient (Wildman–Crippen LogP) is 1.44. The number of hydrogen-bond donors (Lipinski definition) is 1. The quantitative estimate of drug-likeness (QED) is 0.553. The van der Waals surface area contributed by atoms with E-state index in [1.807, 2.05) is 12.1 Å². The first-order valence-corrected chi connectivity index (χ1v) is 6.18. The zero-order chi connectivity index (χ0) is 14.2. The summed E-state index contributed by atoms with van der Waals surface area (Å²) < 4.78 is 7.10. The lowest BCUT2D eigenvalue weighted by Gasteiger charge is -2.08. The van der Waals surface area contributed by atoms with Crippen molar-refractivity contribution in [3.63, 3.8) is 0 Å². The van der Waals surface area contributed by atoms with Crippen LogP contribution >= 0.6 is 0 Å². The molecule has 0 aliphatic rings. The molecule has 4 rings (SSSR count). The molecule has 0 aliphatic heterocycles. The maximum atomic E-state index is 5.91. The summed E-state index contributed by atoms with van der Waals surface area (Å²) in [7, 11) is 0. The fraction of sp³-hybridized carbons (Fsp3) is 0. The lowest BCUT2D eigenvalue weighted by Crippen LogP contribution is -1.98. The summed E-state index contributed by atoms with van der Waals surface area (Å²) >= 11 is 0. The minimum absolute atomic E-state index is 0.379. The third kappa shape index (κ3) is 1.89. The third-order valence-corrected chi connectivity index (χ3v) is 3.02. The fourth-order valence-electron chi connectivity index (χ4n) is 2.06. The minimum Gasteiger partial charge on any atom is -0.437 e. The maximum absolute atomic E-state index is 5.91. The van der Waals surface area contributed by atoms with Crippen LogP contribution < -0.4 is 10.5 Å². The summed E-state index contributed by atoms with van der Waals surface area (Å²) in [4.78, 5) is 4.26. The Labute approximate surface area is 118 Å². The highest BCUT2D eigenvalue weighted by atomic mass is 16.5. The second-order valence-corrected chi connectivity index (χ2v) is 4.35. The Bertz CT molecular complexity index is 949. The van der Waals surface area contributed by atoms with Gasteiger partial charge < -0.3 is 10.5 Å². The van der Waals surface area contributed by atoms with Gasteiger partial charge in [-0.05, 0) is 40.8 Å². The van der Waals surface area contributed by atoms with E-state index in [1.165, 1.54) is 4.63 Å². The van der Waals surface area contributed by atoms with Crippen LogP contribution in [0.15, 0.2) is 42.6 Å². The summed E-state index contributed by atoms with van der Waals surface area (Å²) in [6, 6.07) is 10.7. The molecule has 0 bridgehead atoms. The molecule has 0 unspecified atom stereocenters. The van der Waals surface area contributed by atoms with Crippen LogP contribution in [0.3, 0.4) is 0 Å². The van der Waals surface area contributed by atoms with Crippen LogP contribution in [0.4, 0.5) is 5.69 Å². The van der Waals surface area contributed by atoms with E-state index in [9.17, 15) is 0 Å². The van der Waals surface area contributed by atoms with E-state index in [4.69, 9.17) is 10.5 Å². The van der Waals surface area contributed by atoms with Gasteiger partial charge in [-0.25, -0.2) is 0 Å². The average Bonchev–Trinajstić information content (AvgIpc) is 2.98. The van der Waals surface area contributed by atoms with Gasteiger partial charge in [0.2, 0.25) is 5.88 Å². The van der Waals surface area contributed by atoms with Crippen molar-refractivity contribution in [3.05, 3.63) is 42.6 Å². The molecule has 8 nitrogen and oxygen atoms in total. The van der Waals surface area contributed by atoms with Crippen molar-refractivity contribution in [2.24, 2.45) is 0 Å². The number of nitrogen functional groups attached to an aromatic ring is 1. The fourth-order valence-corrected chi connectivity index (χ4v) is 2.06. The van der Waals surface area contributed by atoms with E-state index in [0.29, 0.717) is 28.5 Å². The second-order valence-electron chi connectivity index (χ2n) is 4.35. The van der Waals surface area contributed by atoms with E-state index >= 15 is 0 Å². The number of benzene rings is 1. The van der Waals surface area contributed by atoms with Crippen molar-refractivity contribution in [3.8, 4) is 11.6 Å². The number of hydrogen-bond acceptors (Lipinski definition) is 7. The summed E-state index contributed by atoms with van der Waals surface area (Å²) in [5, 5.41) is 16.0. The molecule has 2 N–H and O–H groups in total. The van der Waals surface area contributed by atoms with Gasteiger partial charge in [-0.15, -0.1) is 14.8 Å². The molecule has 0 fully saturated rings. The lowest BCUT2D eigenvalue weighted by molar-refractivity contribution is 0.452. The molecule has 102 valence electrons. The Morgan fingerprint density at radius 1 is 1.10 bits per heavy atom. The summed E-state index contributed by atoms with van der Waals surface area (Å²) in [5.74, 6) is 0.997. The van der Waals surface area contributed by atoms with Crippen molar-refractivity contribution < 1.29 is 4.74 Å². The third-order valence-electron chi connectivity index (χ3n) is 3.02. The molecule has 0 amide bonds. The smallest absolute Gasteiger partial charge is 0.239 e. The normalized spacial score (nSPS) is 11.0. The van der Waals surface area contributed by atoms with Crippen LogP contribution in [0.2, 0.25) is 0 Å². The number of anilines is 1. The molecule has 1 aromatic carbocycles. The van der Waals surface area contributed by atoms with Crippen molar-refractivity contribution in [2.75, 3.05) is 5.73 Å². The first-order chi connectivity index (χ1) is 10.3. The Morgan fingerprint density at radius 3 is 3.00 bits per heavy atom. The zero-order valence-electron chi connectivity index (χ0n) is 10.7. The van der Waals surface area contributed by atoms with Crippen molar-refractivity contribution >= 4 is 22.2 Å². The van der Waals surface area contributed by atoms with Gasteiger partial charge in [0.25, 0.3) is 0 Å². The van der Waals surface area contributed by atoms with Gasteiger partial charge in [0, 0.05) is 17.6 Å². The standard InChI is InChI=1S/C13H9N7O/c14-9-3-4-10(8-2-1-7-15-13(8)9)21-12-6-5-11-16-18-19-20(11)17-12/h1-7H,14H2. The van der Waals surface area contributed by atoms with Crippen LogP contribution in [0, 0.1) is 0 Å². The first-order valence-electron chi connectivity index (χ1n) is 6.18. The molecule has 0 saturated carbocycles. The van der Waals surface area contributed by atoms with Gasteiger partial charge >= 0.3 is 0 Å². The summed E-state index contributed by atoms with van der Waals surface area (Å²) in [6.07, 6.45) is 1.69. The Hall–Kier alpha value is -3.29. The molecule has 4 aromatic rings. The van der Waals surface area contributed by atoms with Gasteiger partial charge in [-0.2, -0.15) is 0 Å². The number of fused-ring (bicyclic) bond motifs is 2. The Morgan fingerprint density at radius 2 is 2.05 bits per heavy atom. The first kappa shape index (κ1) is 11.5. The monoisotopic (exact) mass is 279 g/mol. The van der Waals surface area contributed by atoms with Crippen LogP contribution in [0.5, 0.6) is 11.6 Å². The molecule has 3 heterocycles. The molecule has 0 spiro atoms. The molecule has 0 atom stereocenters. The average molecular weight is 279 g/mol. The summed E-state index contributed by atoms with van der Waals surface area (Å²) in [5.41, 5.74) is 7.75. The van der Waals surface area contributed by atoms with E-state index < -0.39 is 0 Å². The van der Waals surface area contributed by atoms with E-state index in [0.717, 1.165) is 5.39 Å². The second kappa shape index (κ2) is 4.37. The highest BCUT2D eigenvalue weighted by molar-refractivity contribution is 5.93. The number of aromatic nitrogens is 6. The number of ether oxygens (including phenoxy) is 1. The zero-order valence-corrected chi connectivity index (χ0v) is 10.7. The molecular weight excluding hydrogens is 270 g/mol. The number of nitrogens with two attached hydrogens (primary N) is 1. The van der Waals surface area contributed by atoms with Crippen molar-refractivity contribution in [2.45, 2.75) is 0 Å². The van der Waals surface area contributed by atoms with Crippen LogP contribution in [-0.4, -0.2) is 30.2 Å². The minimum atomic E-state index is 0.379. The van der Waals surface area contributed by atoms with Crippen LogP contribution in [0.1, 0.15) is 0 Å². The number of nitrogens with zero attached hydrogens (tertiary/aromatic N) is 6. The Kier molecular flexibility index (Phi) is 2.40. The molecule has 0 radical (unpaired) electrons. The van der Waals surface area contributed by atoms with Crippen LogP contribution in [0.25, 0.3) is 16.6 Å². The van der Waals surface area contributed by atoms with Crippen molar-refractivity contribution in [1.82, 2.24) is 30.2 Å². The van der Waals surface area contributed by atoms with Gasteiger partial charge in [0.1, 0.15) is 5.75 Å². The van der Waals surface area contributed by atoms with E-state index in [2.05, 4.69) is 25.6 Å². The molecular formula is C13H9N7O.